The van der Waals surface area contributed by atoms with Crippen molar-refractivity contribution in [1.29, 1.82) is 0 Å². The van der Waals surface area contributed by atoms with Crippen LogP contribution in [-0.4, -0.2) is 42.2 Å². The average Bonchev–Trinajstić information content (AvgIpc) is 3.35. The summed E-state index contributed by atoms with van der Waals surface area (Å²) in [4.78, 5) is 19.1. The van der Waals surface area contributed by atoms with Crippen molar-refractivity contribution in [3.8, 4) is 5.75 Å². The van der Waals surface area contributed by atoms with E-state index in [0.29, 0.717) is 24.5 Å². The number of nitrogens with zero attached hydrogens (tertiary/aromatic N) is 2. The van der Waals surface area contributed by atoms with E-state index in [-0.39, 0.29) is 12.0 Å². The lowest BCUT2D eigenvalue weighted by Gasteiger charge is -2.17. The zero-order valence-electron chi connectivity index (χ0n) is 15.3. The van der Waals surface area contributed by atoms with Gasteiger partial charge >= 0.3 is 0 Å². The topological polar surface area (TPSA) is 51.7 Å². The Balaban J connectivity index is 1.40. The van der Waals surface area contributed by atoms with Crippen molar-refractivity contribution in [2.24, 2.45) is 0 Å². The molecule has 3 aromatic rings. The second-order valence-corrected chi connectivity index (χ2v) is 7.83. The molecule has 0 spiro atoms. The molecule has 140 valence electrons. The number of ether oxygens (including phenoxy) is 2. The Hall–Kier alpha value is -2.44. The third-order valence-electron chi connectivity index (χ3n) is 4.60. The minimum atomic E-state index is -0.0446. The highest BCUT2D eigenvalue weighted by atomic mass is 32.1. The molecule has 2 aromatic carbocycles. The first-order valence-corrected chi connectivity index (χ1v) is 9.95. The van der Waals surface area contributed by atoms with Gasteiger partial charge in [0.25, 0.3) is 5.91 Å². The zero-order chi connectivity index (χ0) is 18.6. The molecule has 0 aliphatic carbocycles. The largest absolute Gasteiger partial charge is 0.491 e. The van der Waals surface area contributed by atoms with E-state index in [1.165, 1.54) is 0 Å². The van der Waals surface area contributed by atoms with Gasteiger partial charge in [-0.3, -0.25) is 4.79 Å². The molecule has 1 aliphatic rings. The summed E-state index contributed by atoms with van der Waals surface area (Å²) < 4.78 is 12.5. The van der Waals surface area contributed by atoms with E-state index in [0.717, 1.165) is 34.7 Å². The fourth-order valence-electron chi connectivity index (χ4n) is 3.17. The number of aromatic nitrogens is 1. The number of amides is 1. The van der Waals surface area contributed by atoms with Crippen molar-refractivity contribution in [3.63, 3.8) is 0 Å². The van der Waals surface area contributed by atoms with Gasteiger partial charge in [-0.25, -0.2) is 4.98 Å². The lowest BCUT2D eigenvalue weighted by atomic mass is 10.2. The summed E-state index contributed by atoms with van der Waals surface area (Å²) in [6.45, 7) is 1.82. The fraction of sp³-hybridized carbons (Fsp3) is 0.333. The Kier molecular flexibility index (Phi) is 5.36. The van der Waals surface area contributed by atoms with Crippen LogP contribution in [0.5, 0.6) is 5.75 Å². The normalized spacial score (nSPS) is 16.6. The molecule has 1 aliphatic heterocycles. The van der Waals surface area contributed by atoms with Crippen molar-refractivity contribution in [2.75, 3.05) is 20.3 Å². The summed E-state index contributed by atoms with van der Waals surface area (Å²) in [5.74, 6) is 0.654. The quantitative estimate of drug-likeness (QED) is 0.643. The Morgan fingerprint density at radius 2 is 2.19 bits per heavy atom. The zero-order valence-corrected chi connectivity index (χ0v) is 16.1. The number of carbonyl (C=O) groups is 1. The third-order valence-corrected chi connectivity index (χ3v) is 5.62. The van der Waals surface area contributed by atoms with E-state index in [9.17, 15) is 4.79 Å². The van der Waals surface area contributed by atoms with Crippen LogP contribution in [0.4, 0.5) is 0 Å². The second-order valence-electron chi connectivity index (χ2n) is 6.71. The van der Waals surface area contributed by atoms with E-state index in [1.54, 1.807) is 29.4 Å². The second kappa shape index (κ2) is 8.06. The van der Waals surface area contributed by atoms with Crippen LogP contribution in [0.2, 0.25) is 0 Å². The smallest absolute Gasteiger partial charge is 0.254 e. The molecule has 0 radical (unpaired) electrons. The molecule has 0 bridgehead atoms. The molecule has 5 nitrogen and oxygen atoms in total. The SMILES string of the molecule is CN(Cc1nc2ccccc2s1)C(=O)c1cccc(OC[C@H]2CCCO2)c1. The van der Waals surface area contributed by atoms with Crippen LogP contribution < -0.4 is 4.74 Å². The molecule has 0 N–H and O–H groups in total. The highest BCUT2D eigenvalue weighted by molar-refractivity contribution is 7.18. The Bertz CT molecular complexity index is 901. The fourth-order valence-corrected chi connectivity index (χ4v) is 4.19. The van der Waals surface area contributed by atoms with Crippen LogP contribution >= 0.6 is 11.3 Å². The Labute approximate surface area is 162 Å². The number of benzene rings is 2. The van der Waals surface area contributed by atoms with Gasteiger partial charge in [-0.1, -0.05) is 18.2 Å². The molecule has 2 heterocycles. The van der Waals surface area contributed by atoms with E-state index < -0.39 is 0 Å². The minimum absolute atomic E-state index is 0.0446. The number of thiazole rings is 1. The molecule has 1 atom stereocenters. The number of carbonyl (C=O) groups excluding carboxylic acids is 1. The lowest BCUT2D eigenvalue weighted by molar-refractivity contribution is 0.0678. The summed E-state index contributed by atoms with van der Waals surface area (Å²) >= 11 is 1.62. The van der Waals surface area contributed by atoms with Crippen LogP contribution in [0, 0.1) is 0 Å². The first-order valence-electron chi connectivity index (χ1n) is 9.13. The van der Waals surface area contributed by atoms with Crippen molar-refractivity contribution in [2.45, 2.75) is 25.5 Å². The highest BCUT2D eigenvalue weighted by Crippen LogP contribution is 2.23. The summed E-state index contributed by atoms with van der Waals surface area (Å²) in [6, 6.07) is 15.4. The predicted octanol–water partition coefficient (Wildman–Crippen LogP) is 4.13. The number of rotatable bonds is 6. The van der Waals surface area contributed by atoms with Crippen LogP contribution in [-0.2, 0) is 11.3 Å². The minimum Gasteiger partial charge on any atom is -0.491 e. The number of fused-ring (bicyclic) bond motifs is 1. The molecule has 0 saturated carbocycles. The van der Waals surface area contributed by atoms with E-state index in [2.05, 4.69) is 4.98 Å². The van der Waals surface area contributed by atoms with Crippen LogP contribution in [0.3, 0.4) is 0 Å². The monoisotopic (exact) mass is 382 g/mol. The lowest BCUT2D eigenvalue weighted by Crippen LogP contribution is -2.26. The van der Waals surface area contributed by atoms with Gasteiger partial charge < -0.3 is 14.4 Å². The molecule has 6 heteroatoms. The highest BCUT2D eigenvalue weighted by Gasteiger charge is 2.17. The molecule has 27 heavy (non-hydrogen) atoms. The van der Waals surface area contributed by atoms with Gasteiger partial charge in [0.15, 0.2) is 0 Å². The van der Waals surface area contributed by atoms with Gasteiger partial charge in [0.05, 0.1) is 22.9 Å². The average molecular weight is 382 g/mol. The molecule has 0 unspecified atom stereocenters. The van der Waals surface area contributed by atoms with Gasteiger partial charge in [-0.2, -0.15) is 0 Å². The Morgan fingerprint density at radius 1 is 1.30 bits per heavy atom. The number of para-hydroxylation sites is 1. The molecular weight excluding hydrogens is 360 g/mol. The molecule has 1 fully saturated rings. The summed E-state index contributed by atoms with van der Waals surface area (Å²) in [5.41, 5.74) is 1.59. The van der Waals surface area contributed by atoms with E-state index >= 15 is 0 Å². The molecular formula is C21H22N2O3S. The maximum atomic E-state index is 12.8. The van der Waals surface area contributed by atoms with Crippen molar-refractivity contribution >= 4 is 27.5 Å². The Morgan fingerprint density at radius 3 is 3.00 bits per heavy atom. The van der Waals surface area contributed by atoms with Gasteiger partial charge in [0.1, 0.15) is 17.4 Å². The van der Waals surface area contributed by atoms with Gasteiger partial charge in [0, 0.05) is 19.2 Å². The molecule has 1 amide bonds. The first-order chi connectivity index (χ1) is 13.2. The van der Waals surface area contributed by atoms with Crippen molar-refractivity contribution in [3.05, 3.63) is 59.1 Å². The van der Waals surface area contributed by atoms with E-state index in [1.807, 2.05) is 42.5 Å². The van der Waals surface area contributed by atoms with Crippen molar-refractivity contribution in [1.82, 2.24) is 9.88 Å². The van der Waals surface area contributed by atoms with E-state index in [4.69, 9.17) is 9.47 Å². The molecule has 1 saturated heterocycles. The molecule has 4 rings (SSSR count). The predicted molar refractivity (Wildman–Crippen MR) is 106 cm³/mol. The number of hydrogen-bond acceptors (Lipinski definition) is 5. The standard InChI is InChI=1S/C21H22N2O3S/c1-23(13-20-22-18-9-2-3-10-19(18)27-20)21(24)15-6-4-7-16(12-15)26-14-17-8-5-11-25-17/h2-4,6-7,9-10,12,17H,5,8,11,13-14H2,1H3/t17-/m1/s1. The first kappa shape index (κ1) is 17.9. The summed E-state index contributed by atoms with van der Waals surface area (Å²) in [7, 11) is 1.80. The summed E-state index contributed by atoms with van der Waals surface area (Å²) in [6.07, 6.45) is 2.28. The van der Waals surface area contributed by atoms with Gasteiger partial charge in [0.2, 0.25) is 0 Å². The van der Waals surface area contributed by atoms with Gasteiger partial charge in [-0.15, -0.1) is 11.3 Å². The van der Waals surface area contributed by atoms with Gasteiger partial charge in [-0.05, 0) is 43.2 Å². The maximum absolute atomic E-state index is 12.8. The maximum Gasteiger partial charge on any atom is 0.254 e. The van der Waals surface area contributed by atoms with Crippen LogP contribution in [0.15, 0.2) is 48.5 Å². The summed E-state index contributed by atoms with van der Waals surface area (Å²) in [5, 5.41) is 0.929. The van der Waals surface area contributed by atoms with Crippen LogP contribution in [0.1, 0.15) is 28.2 Å². The van der Waals surface area contributed by atoms with Crippen LogP contribution in [0.25, 0.3) is 10.2 Å². The van der Waals surface area contributed by atoms with Crippen molar-refractivity contribution < 1.29 is 14.3 Å². The number of hydrogen-bond donors (Lipinski definition) is 0. The molecule has 1 aromatic heterocycles. The third kappa shape index (κ3) is 4.28.